The molecular weight excluding hydrogens is 369 g/mol. The summed E-state index contributed by atoms with van der Waals surface area (Å²) in [4.78, 5) is 0. The van der Waals surface area contributed by atoms with Crippen LogP contribution in [0, 0.1) is 29.1 Å². The van der Waals surface area contributed by atoms with Gasteiger partial charge in [-0.25, -0.2) is 0 Å². The van der Waals surface area contributed by atoms with Crippen molar-refractivity contribution in [3.8, 4) is 6.07 Å². The Kier molecular flexibility index (Phi) is 9.19. The first kappa shape index (κ1) is 22.8. The molecule has 0 aliphatic heterocycles. The summed E-state index contributed by atoms with van der Waals surface area (Å²) in [6.45, 7) is 2.25. The highest BCUT2D eigenvalue weighted by atomic mass is 19.1. The van der Waals surface area contributed by atoms with Crippen molar-refractivity contribution in [2.75, 3.05) is 0 Å². The number of benzene rings is 1. The standard InChI is InChI=1S/C28H38FN/c1-2-6-22-9-13-24(14-10-22)26-17-19-27(20-18-26)25-15-11-23(12-16-25)7-4-3-5-8-28(29)21-30/h3,5,8-10,13-14,23,25-27H,2,4,6-7,11-12,15-20H2,1H3/t23-,25-,26-,27-. The Morgan fingerprint density at radius 2 is 1.63 bits per heavy atom. The van der Waals surface area contributed by atoms with E-state index in [1.165, 1.54) is 88.3 Å². The highest BCUT2D eigenvalue weighted by Gasteiger charge is 2.31. The van der Waals surface area contributed by atoms with Gasteiger partial charge < -0.3 is 0 Å². The van der Waals surface area contributed by atoms with Crippen LogP contribution in [0.1, 0.15) is 94.6 Å². The minimum atomic E-state index is -0.713. The molecular formula is C28H38FN. The summed E-state index contributed by atoms with van der Waals surface area (Å²) < 4.78 is 12.7. The summed E-state index contributed by atoms with van der Waals surface area (Å²) in [7, 11) is 0. The van der Waals surface area contributed by atoms with Crippen LogP contribution in [0.3, 0.4) is 0 Å². The molecule has 2 fully saturated rings. The van der Waals surface area contributed by atoms with Crippen molar-refractivity contribution >= 4 is 0 Å². The van der Waals surface area contributed by atoms with Crippen molar-refractivity contribution in [3.05, 3.63) is 59.4 Å². The van der Waals surface area contributed by atoms with Crippen LogP contribution >= 0.6 is 0 Å². The number of allylic oxidation sites excluding steroid dienone is 4. The predicted octanol–water partition coefficient (Wildman–Crippen LogP) is 8.43. The Balaban J connectivity index is 1.36. The number of nitriles is 1. The van der Waals surface area contributed by atoms with Crippen molar-refractivity contribution in [1.29, 1.82) is 5.26 Å². The quantitative estimate of drug-likeness (QED) is 0.313. The molecule has 0 bridgehead atoms. The van der Waals surface area contributed by atoms with Crippen LogP contribution in [-0.2, 0) is 6.42 Å². The molecule has 0 radical (unpaired) electrons. The van der Waals surface area contributed by atoms with Crippen molar-refractivity contribution in [3.63, 3.8) is 0 Å². The third-order valence-corrected chi connectivity index (χ3v) is 7.55. The summed E-state index contributed by atoms with van der Waals surface area (Å²) in [5, 5.41) is 8.40. The van der Waals surface area contributed by atoms with Gasteiger partial charge in [-0.1, -0.05) is 62.6 Å². The van der Waals surface area contributed by atoms with Gasteiger partial charge in [0.25, 0.3) is 0 Å². The minimum Gasteiger partial charge on any atom is -0.195 e. The molecule has 2 heteroatoms. The van der Waals surface area contributed by atoms with E-state index >= 15 is 0 Å². The van der Waals surface area contributed by atoms with Crippen LogP contribution in [0.15, 0.2) is 48.3 Å². The van der Waals surface area contributed by atoms with Crippen LogP contribution in [0.2, 0.25) is 0 Å². The molecule has 30 heavy (non-hydrogen) atoms. The fourth-order valence-corrected chi connectivity index (χ4v) is 5.74. The Hall–Kier alpha value is -1.88. The molecule has 162 valence electrons. The number of aryl methyl sites for hydroxylation is 1. The van der Waals surface area contributed by atoms with Crippen molar-refractivity contribution in [1.82, 2.24) is 0 Å². The van der Waals surface area contributed by atoms with E-state index in [0.29, 0.717) is 0 Å². The van der Waals surface area contributed by atoms with Crippen LogP contribution in [0.5, 0.6) is 0 Å². The van der Waals surface area contributed by atoms with Crippen molar-refractivity contribution in [2.45, 2.75) is 89.9 Å². The topological polar surface area (TPSA) is 23.8 Å². The average molecular weight is 408 g/mol. The lowest BCUT2D eigenvalue weighted by atomic mass is 9.68. The van der Waals surface area contributed by atoms with Gasteiger partial charge in [-0.05, 0) is 98.7 Å². The Morgan fingerprint density at radius 1 is 1.00 bits per heavy atom. The molecule has 0 aromatic heterocycles. The summed E-state index contributed by atoms with van der Waals surface area (Å²) in [5.74, 6) is 2.78. The first-order valence-corrected chi connectivity index (χ1v) is 12.2. The van der Waals surface area contributed by atoms with Crippen LogP contribution < -0.4 is 0 Å². The van der Waals surface area contributed by atoms with Crippen LogP contribution in [0.25, 0.3) is 0 Å². The number of nitrogens with zero attached hydrogens (tertiary/aromatic N) is 1. The van der Waals surface area contributed by atoms with Crippen molar-refractivity contribution in [2.24, 2.45) is 17.8 Å². The fourth-order valence-electron chi connectivity index (χ4n) is 5.74. The summed E-state index contributed by atoms with van der Waals surface area (Å²) >= 11 is 0. The molecule has 0 amide bonds. The summed E-state index contributed by atoms with van der Waals surface area (Å²) in [6.07, 6.45) is 20.6. The summed E-state index contributed by atoms with van der Waals surface area (Å²) in [5.41, 5.74) is 3.04. The van der Waals surface area contributed by atoms with Gasteiger partial charge in [-0.15, -0.1) is 0 Å². The van der Waals surface area contributed by atoms with Gasteiger partial charge in [0.1, 0.15) is 6.07 Å². The molecule has 0 spiro atoms. The number of hydrogen-bond donors (Lipinski definition) is 0. The van der Waals surface area contributed by atoms with E-state index in [-0.39, 0.29) is 0 Å². The van der Waals surface area contributed by atoms with Gasteiger partial charge in [-0.2, -0.15) is 9.65 Å². The average Bonchev–Trinajstić information content (AvgIpc) is 2.80. The number of rotatable bonds is 8. The van der Waals surface area contributed by atoms with Gasteiger partial charge >= 0.3 is 0 Å². The van der Waals surface area contributed by atoms with Gasteiger partial charge in [0, 0.05) is 0 Å². The summed E-state index contributed by atoms with van der Waals surface area (Å²) in [6, 6.07) is 11.0. The molecule has 1 aromatic rings. The molecule has 0 saturated heterocycles. The Bertz CT molecular complexity index is 723. The van der Waals surface area contributed by atoms with E-state index < -0.39 is 5.83 Å². The molecule has 1 nitrogen and oxygen atoms in total. The first-order valence-electron chi connectivity index (χ1n) is 12.2. The van der Waals surface area contributed by atoms with Gasteiger partial charge in [0.2, 0.25) is 0 Å². The van der Waals surface area contributed by atoms with Crippen molar-refractivity contribution < 1.29 is 4.39 Å². The predicted molar refractivity (Wildman–Crippen MR) is 124 cm³/mol. The third-order valence-electron chi connectivity index (χ3n) is 7.55. The lowest BCUT2D eigenvalue weighted by molar-refractivity contribution is 0.157. The van der Waals surface area contributed by atoms with Crippen LogP contribution in [-0.4, -0.2) is 0 Å². The lowest BCUT2D eigenvalue weighted by Gasteiger charge is -2.38. The first-order chi connectivity index (χ1) is 14.7. The highest BCUT2D eigenvalue weighted by Crippen LogP contribution is 2.44. The zero-order chi connectivity index (χ0) is 21.2. The zero-order valence-corrected chi connectivity index (χ0v) is 18.7. The normalized spacial score (nSPS) is 27.8. The molecule has 2 aliphatic carbocycles. The molecule has 1 aromatic carbocycles. The van der Waals surface area contributed by atoms with E-state index in [9.17, 15) is 4.39 Å². The number of halogens is 1. The maximum Gasteiger partial charge on any atom is 0.199 e. The Morgan fingerprint density at radius 3 is 2.23 bits per heavy atom. The second-order valence-electron chi connectivity index (χ2n) is 9.52. The Labute approximate surface area is 183 Å². The maximum atomic E-state index is 12.7. The molecule has 0 unspecified atom stereocenters. The minimum absolute atomic E-state index is 0.713. The van der Waals surface area contributed by atoms with E-state index in [4.69, 9.17) is 5.26 Å². The smallest absolute Gasteiger partial charge is 0.195 e. The monoisotopic (exact) mass is 407 g/mol. The molecule has 3 rings (SSSR count). The van der Waals surface area contributed by atoms with E-state index in [2.05, 4.69) is 31.2 Å². The van der Waals surface area contributed by atoms with E-state index in [1.807, 2.05) is 6.08 Å². The lowest BCUT2D eigenvalue weighted by Crippen LogP contribution is -2.25. The highest BCUT2D eigenvalue weighted by molar-refractivity contribution is 5.26. The van der Waals surface area contributed by atoms with Gasteiger partial charge in [0.05, 0.1) is 0 Å². The second kappa shape index (κ2) is 12.1. The molecule has 0 N–H and O–H groups in total. The molecule has 2 saturated carbocycles. The van der Waals surface area contributed by atoms with Crippen LogP contribution in [0.4, 0.5) is 4.39 Å². The SMILES string of the molecule is CCCc1ccc([C@H]2CC[C@H]([C@H]3CC[C@H](CCC=CC=C(F)C#N)CC3)CC2)cc1. The number of hydrogen-bond acceptors (Lipinski definition) is 1. The van der Waals surface area contributed by atoms with E-state index in [0.717, 1.165) is 30.1 Å². The molecule has 0 heterocycles. The van der Waals surface area contributed by atoms with Gasteiger partial charge in [0.15, 0.2) is 5.83 Å². The molecule has 0 atom stereocenters. The second-order valence-corrected chi connectivity index (χ2v) is 9.52. The molecule has 2 aliphatic rings. The van der Waals surface area contributed by atoms with E-state index in [1.54, 1.807) is 11.6 Å². The third kappa shape index (κ3) is 6.83. The van der Waals surface area contributed by atoms with Gasteiger partial charge in [-0.3, -0.25) is 0 Å². The maximum absolute atomic E-state index is 12.7. The largest absolute Gasteiger partial charge is 0.199 e. The zero-order valence-electron chi connectivity index (χ0n) is 18.7. The fraction of sp³-hybridized carbons (Fsp3) is 0.607.